The third kappa shape index (κ3) is 4.27. The van der Waals surface area contributed by atoms with Gasteiger partial charge < -0.3 is 10.1 Å². The summed E-state index contributed by atoms with van der Waals surface area (Å²) in [6.07, 6.45) is 6.34. The van der Waals surface area contributed by atoms with Crippen molar-refractivity contribution in [2.45, 2.75) is 6.92 Å². The van der Waals surface area contributed by atoms with Crippen LogP contribution in [0.25, 0.3) is 21.8 Å². The van der Waals surface area contributed by atoms with Crippen LogP contribution < -0.4 is 5.32 Å². The van der Waals surface area contributed by atoms with Crippen LogP contribution in [0.1, 0.15) is 17.3 Å². The molecular weight excluding hydrogens is 386 g/mol. The van der Waals surface area contributed by atoms with Gasteiger partial charge in [-0.05, 0) is 31.2 Å². The summed E-state index contributed by atoms with van der Waals surface area (Å²) in [6.45, 7) is 2.04. The Hall–Kier alpha value is -3.65. The number of aromatic nitrogens is 4. The molecule has 1 aromatic carbocycles. The van der Waals surface area contributed by atoms with Crippen LogP contribution in [0.4, 0.5) is 11.5 Å². The third-order valence-corrected chi connectivity index (χ3v) is 4.95. The molecule has 0 radical (unpaired) electrons. The molecule has 0 amide bonds. The van der Waals surface area contributed by atoms with Gasteiger partial charge in [0.15, 0.2) is 0 Å². The van der Waals surface area contributed by atoms with Gasteiger partial charge in [0.2, 0.25) is 0 Å². The van der Waals surface area contributed by atoms with Crippen LogP contribution in [0.5, 0.6) is 0 Å². The molecule has 8 heteroatoms. The first kappa shape index (κ1) is 18.7. The van der Waals surface area contributed by atoms with Crippen molar-refractivity contribution in [1.82, 2.24) is 19.9 Å². The smallest absolute Gasteiger partial charge is 0.343 e. The van der Waals surface area contributed by atoms with E-state index >= 15 is 0 Å². The molecule has 0 aliphatic rings. The Kier molecular flexibility index (Phi) is 5.53. The van der Waals surface area contributed by atoms with Crippen molar-refractivity contribution in [3.8, 4) is 21.8 Å². The van der Waals surface area contributed by atoms with E-state index in [0.717, 1.165) is 27.5 Å². The summed E-state index contributed by atoms with van der Waals surface area (Å²) in [5, 5.41) is 6.12. The summed E-state index contributed by atoms with van der Waals surface area (Å²) in [7, 11) is 0. The Morgan fingerprint density at radius 1 is 1.14 bits per heavy atom. The molecule has 0 aliphatic heterocycles. The van der Waals surface area contributed by atoms with Crippen molar-refractivity contribution in [1.29, 1.82) is 0 Å². The lowest BCUT2D eigenvalue weighted by Gasteiger charge is -2.10. The maximum atomic E-state index is 12.1. The molecule has 0 bridgehead atoms. The predicted molar refractivity (Wildman–Crippen MR) is 112 cm³/mol. The lowest BCUT2D eigenvalue weighted by molar-refractivity contribution is 0.0526. The number of anilines is 2. The normalized spacial score (nSPS) is 10.5. The first-order valence-corrected chi connectivity index (χ1v) is 9.83. The van der Waals surface area contributed by atoms with Crippen LogP contribution in [0.15, 0.2) is 66.7 Å². The Labute approximate surface area is 171 Å². The number of carbonyl (C=O) groups is 1. The van der Waals surface area contributed by atoms with Gasteiger partial charge in [-0.25, -0.2) is 19.7 Å². The van der Waals surface area contributed by atoms with Crippen molar-refractivity contribution in [3.63, 3.8) is 0 Å². The Morgan fingerprint density at radius 3 is 2.83 bits per heavy atom. The second kappa shape index (κ2) is 8.57. The quantitative estimate of drug-likeness (QED) is 0.471. The Bertz CT molecular complexity index is 1130. The van der Waals surface area contributed by atoms with Gasteiger partial charge in [-0.15, -0.1) is 11.3 Å². The van der Waals surface area contributed by atoms with Crippen LogP contribution >= 0.6 is 11.3 Å². The van der Waals surface area contributed by atoms with Crippen molar-refractivity contribution < 1.29 is 9.53 Å². The fourth-order valence-corrected chi connectivity index (χ4v) is 3.55. The van der Waals surface area contributed by atoms with E-state index in [2.05, 4.69) is 20.3 Å². The maximum Gasteiger partial charge on any atom is 0.343 e. The van der Waals surface area contributed by atoms with Gasteiger partial charge >= 0.3 is 5.97 Å². The first-order chi connectivity index (χ1) is 14.2. The van der Waals surface area contributed by atoms with Gasteiger partial charge in [0, 0.05) is 40.8 Å². The molecule has 4 aromatic rings. The molecule has 0 saturated heterocycles. The van der Waals surface area contributed by atoms with Gasteiger partial charge in [-0.3, -0.25) is 4.98 Å². The average molecular weight is 403 g/mol. The van der Waals surface area contributed by atoms with E-state index in [1.807, 2.05) is 41.8 Å². The number of hydrogen-bond acceptors (Lipinski definition) is 8. The van der Waals surface area contributed by atoms with E-state index in [0.29, 0.717) is 5.82 Å². The monoisotopic (exact) mass is 403 g/mol. The minimum atomic E-state index is -0.465. The number of esters is 1. The fraction of sp³-hybridized carbons (Fsp3) is 0.0952. The number of nitrogens with one attached hydrogen (secondary N) is 1. The van der Waals surface area contributed by atoms with E-state index in [9.17, 15) is 4.79 Å². The highest BCUT2D eigenvalue weighted by Gasteiger charge is 2.15. The number of nitrogens with zero attached hydrogens (tertiary/aromatic N) is 4. The molecule has 3 heterocycles. The van der Waals surface area contributed by atoms with Crippen molar-refractivity contribution in [3.05, 3.63) is 72.3 Å². The molecule has 3 aromatic heterocycles. The zero-order valence-corrected chi connectivity index (χ0v) is 16.4. The molecule has 144 valence electrons. The van der Waals surface area contributed by atoms with Crippen LogP contribution in [0.2, 0.25) is 0 Å². The zero-order chi connectivity index (χ0) is 20.1. The molecule has 0 spiro atoms. The molecule has 1 N–H and O–H groups in total. The van der Waals surface area contributed by atoms with Gasteiger partial charge in [0.25, 0.3) is 0 Å². The predicted octanol–water partition coefficient (Wildman–Crippen LogP) is 4.58. The summed E-state index contributed by atoms with van der Waals surface area (Å²) < 4.78 is 5.07. The van der Waals surface area contributed by atoms with Gasteiger partial charge in [0.05, 0.1) is 12.3 Å². The number of thiazole rings is 1. The van der Waals surface area contributed by atoms with Crippen LogP contribution in [0.3, 0.4) is 0 Å². The van der Waals surface area contributed by atoms with Crippen LogP contribution in [0, 0.1) is 0 Å². The van der Waals surface area contributed by atoms with Crippen molar-refractivity contribution >= 4 is 28.8 Å². The van der Waals surface area contributed by atoms with E-state index in [1.165, 1.54) is 12.5 Å². The molecule has 4 rings (SSSR count). The molecule has 7 nitrogen and oxygen atoms in total. The number of pyridine rings is 1. The lowest BCUT2D eigenvalue weighted by Crippen LogP contribution is -2.09. The number of carbonyl (C=O) groups excluding carboxylic acids is 1. The van der Waals surface area contributed by atoms with Gasteiger partial charge in [-0.1, -0.05) is 12.1 Å². The Morgan fingerprint density at radius 2 is 2.00 bits per heavy atom. The zero-order valence-electron chi connectivity index (χ0n) is 15.6. The highest BCUT2D eigenvalue weighted by Crippen LogP contribution is 2.30. The SMILES string of the molecule is CCOC(=O)c1cncnc1Nc1cccc(-c2csc(-c3ccncc3)n2)c1. The van der Waals surface area contributed by atoms with E-state index in [4.69, 9.17) is 9.72 Å². The molecule has 0 saturated carbocycles. The number of hydrogen-bond donors (Lipinski definition) is 1. The fourth-order valence-electron chi connectivity index (χ4n) is 2.71. The third-order valence-electron chi connectivity index (χ3n) is 4.06. The summed E-state index contributed by atoms with van der Waals surface area (Å²) in [6, 6.07) is 11.6. The average Bonchev–Trinajstić information content (AvgIpc) is 3.26. The first-order valence-electron chi connectivity index (χ1n) is 8.95. The minimum Gasteiger partial charge on any atom is -0.462 e. The summed E-state index contributed by atoms with van der Waals surface area (Å²) in [5.41, 5.74) is 3.93. The topological polar surface area (TPSA) is 89.9 Å². The molecule has 29 heavy (non-hydrogen) atoms. The summed E-state index contributed by atoms with van der Waals surface area (Å²) >= 11 is 1.58. The van der Waals surface area contributed by atoms with Crippen molar-refractivity contribution in [2.24, 2.45) is 0 Å². The molecule has 0 fully saturated rings. The number of benzene rings is 1. The van der Waals surface area contributed by atoms with Crippen LogP contribution in [-0.2, 0) is 4.74 Å². The second-order valence-corrected chi connectivity index (χ2v) is 6.84. The standard InChI is InChI=1S/C21H17N5O2S/c1-2-28-21(27)17-11-23-13-24-19(17)25-16-5-3-4-15(10-16)18-12-29-20(26-18)14-6-8-22-9-7-14/h3-13H,2H2,1H3,(H,23,24,25). The van der Waals surface area contributed by atoms with E-state index in [1.54, 1.807) is 30.7 Å². The van der Waals surface area contributed by atoms with E-state index in [-0.39, 0.29) is 12.2 Å². The maximum absolute atomic E-state index is 12.1. The summed E-state index contributed by atoms with van der Waals surface area (Å²) in [5.74, 6) is -0.0698. The lowest BCUT2D eigenvalue weighted by atomic mass is 10.1. The van der Waals surface area contributed by atoms with E-state index < -0.39 is 5.97 Å². The highest BCUT2D eigenvalue weighted by molar-refractivity contribution is 7.13. The summed E-state index contributed by atoms with van der Waals surface area (Å²) in [4.78, 5) is 29.0. The number of ether oxygens (including phenoxy) is 1. The molecule has 0 aliphatic carbocycles. The largest absolute Gasteiger partial charge is 0.462 e. The molecular formula is C21H17N5O2S. The van der Waals surface area contributed by atoms with Gasteiger partial charge in [0.1, 0.15) is 22.7 Å². The number of rotatable bonds is 6. The second-order valence-electron chi connectivity index (χ2n) is 5.99. The van der Waals surface area contributed by atoms with Crippen LogP contribution in [-0.4, -0.2) is 32.5 Å². The molecule has 0 atom stereocenters. The highest BCUT2D eigenvalue weighted by atomic mass is 32.1. The minimum absolute atomic E-state index is 0.284. The van der Waals surface area contributed by atoms with Crippen molar-refractivity contribution in [2.75, 3.05) is 11.9 Å². The Balaban J connectivity index is 1.60. The molecule has 0 unspecified atom stereocenters. The van der Waals surface area contributed by atoms with Gasteiger partial charge in [-0.2, -0.15) is 0 Å².